The predicted molar refractivity (Wildman–Crippen MR) is 177 cm³/mol. The van der Waals surface area contributed by atoms with E-state index >= 15 is 0 Å². The number of aliphatic hydroxyl groups excluding tert-OH is 1. The molecule has 4 rings (SSSR count). The van der Waals surface area contributed by atoms with Crippen LogP contribution in [-0.4, -0.2) is 63.7 Å². The van der Waals surface area contributed by atoms with Gasteiger partial charge in [0.1, 0.15) is 12.0 Å². The second-order valence-corrected chi connectivity index (χ2v) is 13.4. The van der Waals surface area contributed by atoms with Crippen molar-refractivity contribution in [2.75, 3.05) is 13.2 Å². The molecular formula is C35H50N4O5S. The minimum Gasteiger partial charge on any atom is -0.476 e. The molecule has 1 aliphatic heterocycles. The Morgan fingerprint density at radius 2 is 1.98 bits per heavy atom. The van der Waals surface area contributed by atoms with E-state index in [1.165, 1.54) is 0 Å². The molecule has 2 N–H and O–H groups in total. The highest BCUT2D eigenvalue weighted by molar-refractivity contribution is 7.13. The highest BCUT2D eigenvalue weighted by Crippen LogP contribution is 2.35. The Labute approximate surface area is 271 Å². The Bertz CT molecular complexity index is 1340. The molecule has 45 heavy (non-hydrogen) atoms. The highest BCUT2D eigenvalue weighted by atomic mass is 32.1. The van der Waals surface area contributed by atoms with Crippen molar-refractivity contribution in [3.05, 3.63) is 52.9 Å². The third kappa shape index (κ3) is 9.47. The summed E-state index contributed by atoms with van der Waals surface area (Å²) in [6.45, 7) is 11.6. The van der Waals surface area contributed by atoms with Crippen molar-refractivity contribution >= 4 is 23.5 Å². The lowest BCUT2D eigenvalue weighted by atomic mass is 9.88. The van der Waals surface area contributed by atoms with Gasteiger partial charge >= 0.3 is 0 Å². The summed E-state index contributed by atoms with van der Waals surface area (Å²) >= 11 is 1.63. The number of unbranched alkanes of at least 4 members (excludes halogenated alkanes) is 2. The third-order valence-corrected chi connectivity index (χ3v) is 10.1. The number of β-amino-alcohol motifs (C(OH)–C–C–N with tert-alkyl or cyclic N) is 1. The van der Waals surface area contributed by atoms with Crippen LogP contribution in [0.5, 0.6) is 5.88 Å². The van der Waals surface area contributed by atoms with Crippen LogP contribution in [0, 0.1) is 12.8 Å². The minimum absolute atomic E-state index is 0.0476. The Hall–Kier alpha value is -3.08. The van der Waals surface area contributed by atoms with E-state index in [1.54, 1.807) is 11.3 Å². The summed E-state index contributed by atoms with van der Waals surface area (Å²) in [6.07, 6.45) is 6.50. The number of hydrogen-bond donors (Lipinski definition) is 2. The van der Waals surface area contributed by atoms with E-state index in [-0.39, 0.29) is 23.9 Å². The molecule has 4 unspecified atom stereocenters. The smallest absolute Gasteiger partial charge is 0.254 e. The van der Waals surface area contributed by atoms with E-state index in [4.69, 9.17) is 9.26 Å². The summed E-state index contributed by atoms with van der Waals surface area (Å²) in [5, 5.41) is 18.2. The van der Waals surface area contributed by atoms with Gasteiger partial charge in [-0.25, -0.2) is 4.98 Å². The predicted octanol–water partition coefficient (Wildman–Crippen LogP) is 6.86. The zero-order valence-corrected chi connectivity index (χ0v) is 28.2. The van der Waals surface area contributed by atoms with E-state index < -0.39 is 12.1 Å². The standard InChI is InChI=1S/C35H50N4O5S/c1-6-23(3)17-29(18-26(7-2)32-20-33(38-44-32)43-16-10-8-9-15-40)39-21-30(41)19-31(39)35(42)37-24(4)27-11-13-28(14-12-27)34-25(5)36-22-45-34/h11-15,20,22-24,26,29-31,41H,6-10,16-19,21H2,1-5H3,(H,37,42)/t23?,24?,26?,29?,30-,31+/m1/s1. The third-order valence-electron chi connectivity index (χ3n) is 9.16. The Morgan fingerprint density at radius 3 is 2.64 bits per heavy atom. The summed E-state index contributed by atoms with van der Waals surface area (Å²) in [6, 6.07) is 9.70. The number of carbonyl (C=O) groups excluding carboxylic acids is 2. The van der Waals surface area contributed by atoms with E-state index in [1.807, 2.05) is 25.4 Å². The van der Waals surface area contributed by atoms with Gasteiger partial charge < -0.3 is 24.5 Å². The van der Waals surface area contributed by atoms with Crippen LogP contribution in [0.4, 0.5) is 0 Å². The normalized spacial score (nSPS) is 19.6. The van der Waals surface area contributed by atoms with Gasteiger partial charge in [0.2, 0.25) is 5.91 Å². The van der Waals surface area contributed by atoms with Crippen LogP contribution >= 0.6 is 11.3 Å². The molecule has 1 saturated heterocycles. The van der Waals surface area contributed by atoms with Crippen LogP contribution in [0.15, 0.2) is 40.4 Å². The number of aromatic nitrogens is 2. The molecule has 1 aliphatic rings. The number of hydrogen-bond acceptors (Lipinski definition) is 9. The first-order chi connectivity index (χ1) is 21.7. The molecular weight excluding hydrogens is 588 g/mol. The number of aldehydes is 1. The maximum atomic E-state index is 13.8. The number of rotatable bonds is 18. The van der Waals surface area contributed by atoms with Crippen LogP contribution in [0.25, 0.3) is 10.4 Å². The number of thiazole rings is 1. The van der Waals surface area contributed by atoms with E-state index in [9.17, 15) is 14.7 Å². The van der Waals surface area contributed by atoms with Gasteiger partial charge in [0.05, 0.1) is 40.9 Å². The van der Waals surface area contributed by atoms with E-state index in [2.05, 4.69) is 65.4 Å². The maximum Gasteiger partial charge on any atom is 0.254 e. The van der Waals surface area contributed by atoms with Gasteiger partial charge in [0, 0.05) is 31.0 Å². The van der Waals surface area contributed by atoms with Crippen LogP contribution in [0.3, 0.4) is 0 Å². The van der Waals surface area contributed by atoms with Crippen LogP contribution < -0.4 is 10.1 Å². The van der Waals surface area contributed by atoms with Gasteiger partial charge in [0.15, 0.2) is 0 Å². The Balaban J connectivity index is 1.44. The first kappa shape index (κ1) is 34.8. The molecule has 0 bridgehead atoms. The zero-order valence-electron chi connectivity index (χ0n) is 27.4. The Morgan fingerprint density at radius 1 is 1.20 bits per heavy atom. The number of nitrogens with zero attached hydrogens (tertiary/aromatic N) is 3. The van der Waals surface area contributed by atoms with E-state index in [0.717, 1.165) is 72.3 Å². The molecule has 10 heteroatoms. The van der Waals surface area contributed by atoms with Crippen molar-refractivity contribution in [3.8, 4) is 16.3 Å². The summed E-state index contributed by atoms with van der Waals surface area (Å²) in [7, 11) is 0. The van der Waals surface area contributed by atoms with Crippen molar-refractivity contribution in [3.63, 3.8) is 0 Å². The first-order valence-electron chi connectivity index (χ1n) is 16.5. The monoisotopic (exact) mass is 638 g/mol. The van der Waals surface area contributed by atoms with Crippen LogP contribution in [-0.2, 0) is 9.59 Å². The van der Waals surface area contributed by atoms with Crippen LogP contribution in [0.2, 0.25) is 0 Å². The molecule has 246 valence electrons. The lowest BCUT2D eigenvalue weighted by molar-refractivity contribution is -0.127. The molecule has 6 atom stereocenters. The molecule has 0 spiro atoms. The lowest BCUT2D eigenvalue weighted by Gasteiger charge is -2.36. The Kier molecular flexibility index (Phi) is 13.1. The number of benzene rings is 1. The lowest BCUT2D eigenvalue weighted by Crippen LogP contribution is -2.49. The molecule has 0 radical (unpaired) electrons. The van der Waals surface area contributed by atoms with E-state index in [0.29, 0.717) is 37.8 Å². The number of likely N-dealkylation sites (tertiary alicyclic amines) is 1. The summed E-state index contributed by atoms with van der Waals surface area (Å²) in [5.41, 5.74) is 5.04. The second kappa shape index (κ2) is 17.0. The number of aliphatic hydroxyl groups is 1. The summed E-state index contributed by atoms with van der Waals surface area (Å²) < 4.78 is 11.5. The highest BCUT2D eigenvalue weighted by Gasteiger charge is 2.41. The molecule has 0 saturated carbocycles. The van der Waals surface area contributed by atoms with Crippen LogP contribution in [0.1, 0.15) is 108 Å². The topological polar surface area (TPSA) is 118 Å². The maximum absolute atomic E-state index is 13.8. The van der Waals surface area contributed by atoms with Crippen molar-refractivity contribution in [2.45, 2.75) is 116 Å². The number of nitrogens with one attached hydrogen (secondary N) is 1. The quantitative estimate of drug-likeness (QED) is 0.115. The fraction of sp³-hybridized carbons (Fsp3) is 0.600. The number of amides is 1. The molecule has 1 amide bonds. The van der Waals surface area contributed by atoms with Crippen molar-refractivity contribution in [1.82, 2.24) is 20.4 Å². The molecule has 9 nitrogen and oxygen atoms in total. The van der Waals surface area contributed by atoms with Crippen molar-refractivity contribution in [1.29, 1.82) is 0 Å². The summed E-state index contributed by atoms with van der Waals surface area (Å²) in [5.74, 6) is 1.76. The molecule has 3 heterocycles. The van der Waals surface area contributed by atoms with Gasteiger partial charge in [-0.2, -0.15) is 0 Å². The van der Waals surface area contributed by atoms with Crippen molar-refractivity contribution < 1.29 is 24.0 Å². The average Bonchev–Trinajstić information content (AvgIpc) is 3.79. The van der Waals surface area contributed by atoms with Gasteiger partial charge in [-0.05, 0) is 74.6 Å². The number of carbonyl (C=O) groups is 2. The second-order valence-electron chi connectivity index (χ2n) is 12.5. The first-order valence-corrected chi connectivity index (χ1v) is 17.4. The summed E-state index contributed by atoms with van der Waals surface area (Å²) in [4.78, 5) is 32.1. The average molecular weight is 639 g/mol. The zero-order chi connectivity index (χ0) is 32.3. The molecule has 2 aromatic heterocycles. The molecule has 1 aromatic carbocycles. The fourth-order valence-electron chi connectivity index (χ4n) is 6.24. The molecule has 1 fully saturated rings. The molecule has 3 aromatic rings. The van der Waals surface area contributed by atoms with Gasteiger partial charge in [-0.15, -0.1) is 11.3 Å². The van der Waals surface area contributed by atoms with Gasteiger partial charge in [0.25, 0.3) is 5.88 Å². The SMILES string of the molecule is CCC(C)CC(CC(CC)c1cc(OCCCCC=O)no1)N1C[C@H](O)C[C@H]1C(=O)NC(C)c1ccc(-c2scnc2C)cc1. The minimum atomic E-state index is -0.554. The number of aryl methyl sites for hydroxylation is 1. The largest absolute Gasteiger partial charge is 0.476 e. The molecule has 0 aliphatic carbocycles. The van der Waals surface area contributed by atoms with Gasteiger partial charge in [-0.1, -0.05) is 51.5 Å². The fourth-order valence-corrected chi connectivity index (χ4v) is 7.06. The number of ether oxygens (including phenoxy) is 1. The van der Waals surface area contributed by atoms with Crippen molar-refractivity contribution in [2.24, 2.45) is 5.92 Å². The van der Waals surface area contributed by atoms with Gasteiger partial charge in [-0.3, -0.25) is 9.69 Å².